The van der Waals surface area contributed by atoms with Gasteiger partial charge in [0.05, 0.1) is 19.2 Å². The number of likely N-dealkylation sites (tertiary alicyclic amines) is 1. The summed E-state index contributed by atoms with van der Waals surface area (Å²) in [6.07, 6.45) is 3.72. The van der Waals surface area contributed by atoms with Crippen molar-refractivity contribution >= 4 is 5.91 Å². The molecule has 0 spiro atoms. The molecular weight excluding hydrogens is 370 g/mol. The third-order valence-corrected chi connectivity index (χ3v) is 5.17. The highest BCUT2D eigenvalue weighted by atomic mass is 16.5. The smallest absolute Gasteiger partial charge is 0.348 e. The third kappa shape index (κ3) is 4.21. The van der Waals surface area contributed by atoms with Gasteiger partial charge < -0.3 is 9.64 Å². The summed E-state index contributed by atoms with van der Waals surface area (Å²) >= 11 is 0. The first-order valence-corrected chi connectivity index (χ1v) is 9.65. The molecule has 1 N–H and O–H groups in total. The monoisotopic (exact) mass is 393 g/mol. The molecule has 1 fully saturated rings. The number of aromatic amines is 1. The number of benzene rings is 1. The van der Waals surface area contributed by atoms with Crippen LogP contribution in [-0.4, -0.2) is 50.8 Å². The second kappa shape index (κ2) is 8.30. The standard InChI is InChI=1S/C21H23N5O3/c1-29-18-9-7-17(8-10-18)26-21(28)23-20(24-26)15-5-4-12-25(14-15)19(27)13-16-6-2-3-11-22-16/h2-3,6-11,15H,4-5,12-14H2,1H3,(H,23,24,28). The van der Waals surface area contributed by atoms with E-state index in [4.69, 9.17) is 4.74 Å². The number of ether oxygens (including phenoxy) is 1. The fraction of sp³-hybridized carbons (Fsp3) is 0.333. The molecule has 4 rings (SSSR count). The van der Waals surface area contributed by atoms with Crippen molar-refractivity contribution in [1.82, 2.24) is 24.6 Å². The van der Waals surface area contributed by atoms with Gasteiger partial charge in [0.1, 0.15) is 11.6 Å². The van der Waals surface area contributed by atoms with Gasteiger partial charge in [0, 0.05) is 30.9 Å². The van der Waals surface area contributed by atoms with Crippen molar-refractivity contribution in [2.45, 2.75) is 25.2 Å². The van der Waals surface area contributed by atoms with Crippen molar-refractivity contribution in [3.05, 3.63) is 70.7 Å². The lowest BCUT2D eigenvalue weighted by Gasteiger charge is -2.31. The van der Waals surface area contributed by atoms with E-state index >= 15 is 0 Å². The summed E-state index contributed by atoms with van der Waals surface area (Å²) < 4.78 is 6.51. The van der Waals surface area contributed by atoms with Crippen LogP contribution in [0.25, 0.3) is 5.69 Å². The Hall–Kier alpha value is -3.42. The number of piperidine rings is 1. The fourth-order valence-corrected chi connectivity index (χ4v) is 3.62. The molecule has 1 aromatic carbocycles. The Kier molecular flexibility index (Phi) is 5.41. The molecule has 8 nitrogen and oxygen atoms in total. The average molecular weight is 393 g/mol. The summed E-state index contributed by atoms with van der Waals surface area (Å²) in [7, 11) is 1.60. The van der Waals surface area contributed by atoms with Crippen molar-refractivity contribution in [2.24, 2.45) is 0 Å². The molecule has 0 saturated carbocycles. The Balaban J connectivity index is 1.48. The molecule has 3 heterocycles. The topological polar surface area (TPSA) is 93.1 Å². The number of methoxy groups -OCH3 is 1. The Bertz CT molecular complexity index is 1030. The Morgan fingerprint density at radius 1 is 1.24 bits per heavy atom. The lowest BCUT2D eigenvalue weighted by atomic mass is 9.97. The lowest BCUT2D eigenvalue weighted by molar-refractivity contribution is -0.131. The van der Waals surface area contributed by atoms with Crippen LogP contribution in [0.3, 0.4) is 0 Å². The summed E-state index contributed by atoms with van der Waals surface area (Å²) in [6, 6.07) is 12.7. The summed E-state index contributed by atoms with van der Waals surface area (Å²) in [4.78, 5) is 34.0. The number of amides is 1. The first-order chi connectivity index (χ1) is 14.1. The number of rotatable bonds is 5. The molecule has 1 aliphatic rings. The van der Waals surface area contributed by atoms with E-state index in [1.807, 2.05) is 23.1 Å². The van der Waals surface area contributed by atoms with E-state index in [2.05, 4.69) is 15.1 Å². The Morgan fingerprint density at radius 2 is 2.07 bits per heavy atom. The van der Waals surface area contributed by atoms with Crippen molar-refractivity contribution in [3.8, 4) is 11.4 Å². The van der Waals surface area contributed by atoms with Crippen LogP contribution in [0, 0.1) is 0 Å². The van der Waals surface area contributed by atoms with E-state index in [0.717, 1.165) is 18.5 Å². The van der Waals surface area contributed by atoms with E-state index in [9.17, 15) is 9.59 Å². The van der Waals surface area contributed by atoms with Crippen LogP contribution >= 0.6 is 0 Å². The van der Waals surface area contributed by atoms with Crippen LogP contribution in [0.1, 0.15) is 30.3 Å². The van der Waals surface area contributed by atoms with E-state index in [1.165, 1.54) is 4.68 Å². The molecule has 8 heteroatoms. The number of hydrogen-bond acceptors (Lipinski definition) is 5. The molecule has 1 amide bonds. The number of hydrogen-bond donors (Lipinski definition) is 1. The van der Waals surface area contributed by atoms with Crippen LogP contribution in [0.4, 0.5) is 0 Å². The number of nitrogens with zero attached hydrogens (tertiary/aromatic N) is 4. The predicted molar refractivity (Wildman–Crippen MR) is 107 cm³/mol. The molecule has 2 aromatic heterocycles. The first kappa shape index (κ1) is 18.9. The van der Waals surface area contributed by atoms with Crippen molar-refractivity contribution in [3.63, 3.8) is 0 Å². The minimum Gasteiger partial charge on any atom is -0.497 e. The highest BCUT2D eigenvalue weighted by Crippen LogP contribution is 2.24. The molecule has 29 heavy (non-hydrogen) atoms. The third-order valence-electron chi connectivity index (χ3n) is 5.17. The molecule has 150 valence electrons. The van der Waals surface area contributed by atoms with E-state index in [-0.39, 0.29) is 23.9 Å². The van der Waals surface area contributed by atoms with E-state index < -0.39 is 0 Å². The van der Waals surface area contributed by atoms with Gasteiger partial charge in [0.25, 0.3) is 0 Å². The van der Waals surface area contributed by atoms with Gasteiger partial charge in [-0.05, 0) is 49.2 Å². The minimum atomic E-state index is -0.290. The second-order valence-electron chi connectivity index (χ2n) is 7.10. The number of carbonyl (C=O) groups is 1. The average Bonchev–Trinajstić information content (AvgIpc) is 3.16. The first-order valence-electron chi connectivity index (χ1n) is 9.65. The normalized spacial score (nSPS) is 16.6. The molecule has 0 bridgehead atoms. The molecule has 0 aliphatic carbocycles. The quantitative estimate of drug-likeness (QED) is 0.715. The molecule has 1 atom stereocenters. The van der Waals surface area contributed by atoms with Crippen molar-refractivity contribution < 1.29 is 9.53 Å². The zero-order valence-corrected chi connectivity index (χ0v) is 16.2. The predicted octanol–water partition coefficient (Wildman–Crippen LogP) is 1.91. The Labute approximate surface area is 168 Å². The summed E-state index contributed by atoms with van der Waals surface area (Å²) in [5, 5.41) is 4.49. The highest BCUT2D eigenvalue weighted by Gasteiger charge is 2.27. The fourth-order valence-electron chi connectivity index (χ4n) is 3.62. The van der Waals surface area contributed by atoms with Gasteiger partial charge in [0.15, 0.2) is 0 Å². The molecule has 3 aromatic rings. The van der Waals surface area contributed by atoms with Gasteiger partial charge in [-0.25, -0.2) is 4.79 Å². The van der Waals surface area contributed by atoms with Gasteiger partial charge in [-0.3, -0.25) is 14.8 Å². The van der Waals surface area contributed by atoms with Gasteiger partial charge in [-0.1, -0.05) is 6.07 Å². The Morgan fingerprint density at radius 3 is 2.79 bits per heavy atom. The molecule has 0 radical (unpaired) electrons. The van der Waals surface area contributed by atoms with Crippen LogP contribution in [0.15, 0.2) is 53.5 Å². The maximum Gasteiger partial charge on any atom is 0.348 e. The molecule has 1 saturated heterocycles. The highest BCUT2D eigenvalue weighted by molar-refractivity contribution is 5.78. The largest absolute Gasteiger partial charge is 0.497 e. The summed E-state index contributed by atoms with van der Waals surface area (Å²) in [5.74, 6) is 1.38. The summed E-state index contributed by atoms with van der Waals surface area (Å²) in [6.45, 7) is 1.26. The van der Waals surface area contributed by atoms with Crippen molar-refractivity contribution in [1.29, 1.82) is 0 Å². The summed E-state index contributed by atoms with van der Waals surface area (Å²) in [5.41, 5.74) is 1.14. The van der Waals surface area contributed by atoms with Gasteiger partial charge in [0.2, 0.25) is 5.91 Å². The number of pyridine rings is 1. The maximum atomic E-state index is 12.7. The number of aromatic nitrogens is 4. The van der Waals surface area contributed by atoms with Gasteiger partial charge >= 0.3 is 5.69 Å². The number of nitrogens with one attached hydrogen (secondary N) is 1. The zero-order chi connectivity index (χ0) is 20.2. The second-order valence-corrected chi connectivity index (χ2v) is 7.10. The van der Waals surface area contributed by atoms with E-state index in [1.54, 1.807) is 37.6 Å². The van der Waals surface area contributed by atoms with Gasteiger partial charge in [-0.15, -0.1) is 5.10 Å². The lowest BCUT2D eigenvalue weighted by Crippen LogP contribution is -2.40. The van der Waals surface area contributed by atoms with Crippen LogP contribution < -0.4 is 10.4 Å². The van der Waals surface area contributed by atoms with Crippen molar-refractivity contribution in [2.75, 3.05) is 20.2 Å². The number of carbonyl (C=O) groups excluding carboxylic acids is 1. The SMILES string of the molecule is COc1ccc(-n2nc(C3CCCN(C(=O)Cc4ccccn4)C3)[nH]c2=O)cc1. The van der Waals surface area contributed by atoms with Crippen LogP contribution in [0.2, 0.25) is 0 Å². The zero-order valence-electron chi connectivity index (χ0n) is 16.2. The van der Waals surface area contributed by atoms with Crippen LogP contribution in [-0.2, 0) is 11.2 Å². The minimum absolute atomic E-state index is 0.00336. The molecule has 1 aliphatic heterocycles. The number of H-pyrrole nitrogens is 1. The maximum absolute atomic E-state index is 12.7. The van der Waals surface area contributed by atoms with Crippen LogP contribution in [0.5, 0.6) is 5.75 Å². The molecule has 1 unspecified atom stereocenters. The molecular formula is C21H23N5O3. The van der Waals surface area contributed by atoms with Gasteiger partial charge in [-0.2, -0.15) is 4.68 Å². The van der Waals surface area contributed by atoms with E-state index in [0.29, 0.717) is 30.4 Å².